The summed E-state index contributed by atoms with van der Waals surface area (Å²) in [6.45, 7) is 5.00. The Morgan fingerprint density at radius 2 is 2.14 bits per heavy atom. The van der Waals surface area contributed by atoms with Crippen LogP contribution in [0.5, 0.6) is 0 Å². The highest BCUT2D eigenvalue weighted by molar-refractivity contribution is 6.03. The minimum Gasteiger partial charge on any atom is -0.378 e. The monoisotopic (exact) mass is 287 g/mol. The molecule has 0 bridgehead atoms. The summed E-state index contributed by atoms with van der Waals surface area (Å²) in [6, 6.07) is 5.42. The molecule has 0 atom stereocenters. The van der Waals surface area contributed by atoms with Crippen LogP contribution in [0.4, 0.5) is 11.5 Å². The predicted octanol–water partition coefficient (Wildman–Crippen LogP) is 1.20. The lowest BCUT2D eigenvalue weighted by Crippen LogP contribution is -2.36. The molecule has 21 heavy (non-hydrogen) atoms. The number of aromatic nitrogens is 3. The van der Waals surface area contributed by atoms with Crippen molar-refractivity contribution in [2.24, 2.45) is 0 Å². The molecule has 0 saturated carbocycles. The minimum absolute atomic E-state index is 0.225. The van der Waals surface area contributed by atoms with Gasteiger partial charge >= 0.3 is 0 Å². The van der Waals surface area contributed by atoms with E-state index in [1.807, 2.05) is 19.1 Å². The molecular weight excluding hydrogens is 270 g/mol. The van der Waals surface area contributed by atoms with Gasteiger partial charge in [0.1, 0.15) is 11.5 Å². The second-order valence-electron chi connectivity index (χ2n) is 4.83. The van der Waals surface area contributed by atoms with Crippen LogP contribution in [0.3, 0.4) is 0 Å². The molecule has 0 aromatic carbocycles. The Morgan fingerprint density at radius 3 is 2.81 bits per heavy atom. The first-order valence-electron chi connectivity index (χ1n) is 6.85. The van der Waals surface area contributed by atoms with Crippen molar-refractivity contribution in [1.29, 1.82) is 0 Å². The Morgan fingerprint density at radius 1 is 1.33 bits per heavy atom. The zero-order valence-electron chi connectivity index (χ0n) is 11.8. The van der Waals surface area contributed by atoms with Gasteiger partial charge in [-0.2, -0.15) is 5.10 Å². The maximum atomic E-state index is 12.0. The standard InChI is InChI=1S/C14H17N5O2/c1-10-11(17-14(20)12-4-5-15-18-12)2-3-13(16-10)19-6-8-21-9-7-19/h2-5H,6-9H2,1H3,(H,15,18)(H,17,20). The molecule has 2 N–H and O–H groups in total. The number of ether oxygens (including phenoxy) is 1. The summed E-state index contributed by atoms with van der Waals surface area (Å²) in [5.41, 5.74) is 1.91. The highest BCUT2D eigenvalue weighted by atomic mass is 16.5. The highest BCUT2D eigenvalue weighted by Gasteiger charge is 2.14. The molecule has 2 aromatic rings. The van der Waals surface area contributed by atoms with Crippen molar-refractivity contribution >= 4 is 17.4 Å². The third-order valence-electron chi connectivity index (χ3n) is 3.40. The van der Waals surface area contributed by atoms with Gasteiger partial charge in [0.25, 0.3) is 5.91 Å². The second-order valence-corrected chi connectivity index (χ2v) is 4.83. The molecule has 0 spiro atoms. The number of hydrogen-bond acceptors (Lipinski definition) is 5. The zero-order chi connectivity index (χ0) is 14.7. The molecule has 110 valence electrons. The van der Waals surface area contributed by atoms with Crippen LogP contribution in [-0.2, 0) is 4.74 Å². The summed E-state index contributed by atoms with van der Waals surface area (Å²) in [4.78, 5) is 18.7. The first-order valence-corrected chi connectivity index (χ1v) is 6.85. The van der Waals surface area contributed by atoms with Crippen molar-refractivity contribution in [3.05, 3.63) is 35.8 Å². The summed E-state index contributed by atoms with van der Waals surface area (Å²) in [6.07, 6.45) is 1.54. The molecule has 0 unspecified atom stereocenters. The lowest BCUT2D eigenvalue weighted by molar-refractivity contribution is 0.102. The van der Waals surface area contributed by atoms with E-state index in [2.05, 4.69) is 25.4 Å². The number of pyridine rings is 1. The average molecular weight is 287 g/mol. The van der Waals surface area contributed by atoms with Crippen LogP contribution in [0.15, 0.2) is 24.4 Å². The second kappa shape index (κ2) is 5.92. The average Bonchev–Trinajstić information content (AvgIpc) is 3.04. The molecule has 0 aliphatic carbocycles. The van der Waals surface area contributed by atoms with E-state index >= 15 is 0 Å². The number of H-pyrrole nitrogens is 1. The Bertz CT molecular complexity index is 620. The van der Waals surface area contributed by atoms with Gasteiger partial charge < -0.3 is 15.0 Å². The molecule has 1 fully saturated rings. The maximum Gasteiger partial charge on any atom is 0.273 e. The molecule has 3 heterocycles. The van der Waals surface area contributed by atoms with Gasteiger partial charge in [0, 0.05) is 19.3 Å². The number of nitrogens with one attached hydrogen (secondary N) is 2. The third-order valence-corrected chi connectivity index (χ3v) is 3.40. The number of morpholine rings is 1. The van der Waals surface area contributed by atoms with Gasteiger partial charge in [0.2, 0.25) is 0 Å². The molecular formula is C14H17N5O2. The lowest BCUT2D eigenvalue weighted by atomic mass is 10.2. The summed E-state index contributed by atoms with van der Waals surface area (Å²) < 4.78 is 5.33. The van der Waals surface area contributed by atoms with Crippen molar-refractivity contribution in [1.82, 2.24) is 15.2 Å². The van der Waals surface area contributed by atoms with E-state index in [0.29, 0.717) is 11.4 Å². The van der Waals surface area contributed by atoms with Gasteiger partial charge in [0.05, 0.1) is 24.6 Å². The van der Waals surface area contributed by atoms with Gasteiger partial charge in [-0.25, -0.2) is 4.98 Å². The fraction of sp³-hybridized carbons (Fsp3) is 0.357. The first kappa shape index (κ1) is 13.6. The highest BCUT2D eigenvalue weighted by Crippen LogP contribution is 2.20. The van der Waals surface area contributed by atoms with Gasteiger partial charge in [-0.05, 0) is 25.1 Å². The van der Waals surface area contributed by atoms with Gasteiger partial charge in [0.15, 0.2) is 0 Å². The third kappa shape index (κ3) is 3.03. The fourth-order valence-corrected chi connectivity index (χ4v) is 2.22. The normalized spacial score (nSPS) is 15.0. The van der Waals surface area contributed by atoms with Crippen LogP contribution >= 0.6 is 0 Å². The van der Waals surface area contributed by atoms with E-state index in [4.69, 9.17) is 4.74 Å². The lowest BCUT2D eigenvalue weighted by Gasteiger charge is -2.28. The van der Waals surface area contributed by atoms with Crippen molar-refractivity contribution < 1.29 is 9.53 Å². The summed E-state index contributed by atoms with van der Waals surface area (Å²) in [7, 11) is 0. The first-order chi connectivity index (χ1) is 10.2. The molecule has 1 aliphatic heterocycles. The number of carbonyl (C=O) groups excluding carboxylic acids is 1. The minimum atomic E-state index is -0.225. The zero-order valence-corrected chi connectivity index (χ0v) is 11.8. The number of carbonyl (C=O) groups is 1. The Balaban J connectivity index is 1.73. The topological polar surface area (TPSA) is 83.1 Å². The van der Waals surface area contributed by atoms with Crippen LogP contribution in [-0.4, -0.2) is 47.4 Å². The van der Waals surface area contributed by atoms with E-state index in [1.165, 1.54) is 0 Å². The summed E-state index contributed by atoms with van der Waals surface area (Å²) in [5, 5.41) is 9.22. The van der Waals surface area contributed by atoms with E-state index in [9.17, 15) is 4.79 Å². The molecule has 0 radical (unpaired) electrons. The van der Waals surface area contributed by atoms with Gasteiger partial charge in [-0.1, -0.05) is 0 Å². The van der Waals surface area contributed by atoms with Crippen molar-refractivity contribution in [2.75, 3.05) is 36.5 Å². The van der Waals surface area contributed by atoms with E-state index in [-0.39, 0.29) is 5.91 Å². The fourth-order valence-electron chi connectivity index (χ4n) is 2.22. The molecule has 1 saturated heterocycles. The number of anilines is 2. The molecule has 2 aromatic heterocycles. The largest absolute Gasteiger partial charge is 0.378 e. The molecule has 3 rings (SSSR count). The van der Waals surface area contributed by atoms with Crippen molar-refractivity contribution in [2.45, 2.75) is 6.92 Å². The number of nitrogens with zero attached hydrogens (tertiary/aromatic N) is 3. The SMILES string of the molecule is Cc1nc(N2CCOCC2)ccc1NC(=O)c1ccn[nH]1. The predicted molar refractivity (Wildman–Crippen MR) is 78.5 cm³/mol. The number of aromatic amines is 1. The van der Waals surface area contributed by atoms with Crippen LogP contribution in [0, 0.1) is 6.92 Å². The quantitative estimate of drug-likeness (QED) is 0.886. The van der Waals surface area contributed by atoms with Crippen molar-refractivity contribution in [3.63, 3.8) is 0 Å². The van der Waals surface area contributed by atoms with Gasteiger partial charge in [-0.15, -0.1) is 0 Å². The number of hydrogen-bond donors (Lipinski definition) is 2. The van der Waals surface area contributed by atoms with Gasteiger partial charge in [-0.3, -0.25) is 9.89 Å². The molecule has 1 amide bonds. The Labute approximate surface area is 122 Å². The molecule has 7 nitrogen and oxygen atoms in total. The van der Waals surface area contributed by atoms with E-state index in [0.717, 1.165) is 37.8 Å². The molecule has 1 aliphatic rings. The van der Waals surface area contributed by atoms with Crippen LogP contribution in [0.1, 0.15) is 16.2 Å². The number of amides is 1. The number of rotatable bonds is 3. The summed E-state index contributed by atoms with van der Waals surface area (Å²) >= 11 is 0. The number of aryl methyl sites for hydroxylation is 1. The van der Waals surface area contributed by atoms with Crippen LogP contribution < -0.4 is 10.2 Å². The summed E-state index contributed by atoms with van der Waals surface area (Å²) in [5.74, 6) is 0.687. The van der Waals surface area contributed by atoms with Crippen molar-refractivity contribution in [3.8, 4) is 0 Å². The molecule has 7 heteroatoms. The maximum absolute atomic E-state index is 12.0. The van der Waals surface area contributed by atoms with Crippen LogP contribution in [0.2, 0.25) is 0 Å². The Hall–Kier alpha value is -2.41. The van der Waals surface area contributed by atoms with E-state index in [1.54, 1.807) is 12.3 Å². The van der Waals surface area contributed by atoms with Crippen LogP contribution in [0.25, 0.3) is 0 Å². The Kier molecular flexibility index (Phi) is 3.83. The van der Waals surface area contributed by atoms with E-state index < -0.39 is 0 Å². The smallest absolute Gasteiger partial charge is 0.273 e.